The fourth-order valence-electron chi connectivity index (χ4n) is 4.24. The molecule has 1 fully saturated rings. The molecule has 206 valence electrons. The van der Waals surface area contributed by atoms with Gasteiger partial charge >= 0.3 is 0 Å². The molecule has 13 nitrogen and oxygen atoms in total. The van der Waals surface area contributed by atoms with Gasteiger partial charge in [-0.2, -0.15) is 0 Å². The molecule has 0 unspecified atom stereocenters. The van der Waals surface area contributed by atoms with Gasteiger partial charge in [-0.1, -0.05) is 0 Å². The molecule has 0 aliphatic carbocycles. The van der Waals surface area contributed by atoms with Gasteiger partial charge in [0.2, 0.25) is 17.5 Å². The van der Waals surface area contributed by atoms with E-state index in [0.29, 0.717) is 17.1 Å². The van der Waals surface area contributed by atoms with Crippen molar-refractivity contribution < 1.29 is 58.4 Å². The highest BCUT2D eigenvalue weighted by molar-refractivity contribution is 5.93. The van der Waals surface area contributed by atoms with Gasteiger partial charge in [0.05, 0.1) is 40.6 Å². The number of ether oxygens (including phenoxy) is 6. The number of hydrogen-bond donors (Lipinski definition) is 5. The molecular formula is C25H28O13. The summed E-state index contributed by atoms with van der Waals surface area (Å²) in [6.45, 7) is -0.665. The number of aromatic hydroxyl groups is 1. The Morgan fingerprint density at radius 3 is 2.08 bits per heavy atom. The SMILES string of the molecule is COc1cc(OC)c(-c2coc3c(OC)c(O[C@@H]4O[C@H](CO)[C@@H](O)[C@H](O)[C@H]4O)cc(O)c3c2=O)cc1OC. The normalized spacial score (nSPS) is 23.2. The van der Waals surface area contributed by atoms with E-state index in [4.69, 9.17) is 32.8 Å². The van der Waals surface area contributed by atoms with Crippen molar-refractivity contribution in [1.82, 2.24) is 0 Å². The van der Waals surface area contributed by atoms with E-state index in [0.717, 1.165) is 12.3 Å². The highest BCUT2D eigenvalue weighted by atomic mass is 16.7. The van der Waals surface area contributed by atoms with Crippen LogP contribution in [0.25, 0.3) is 22.1 Å². The topological polar surface area (TPSA) is 187 Å². The monoisotopic (exact) mass is 536 g/mol. The second-order valence-corrected chi connectivity index (χ2v) is 8.33. The molecule has 13 heteroatoms. The Balaban J connectivity index is 1.83. The molecule has 1 aliphatic heterocycles. The first-order chi connectivity index (χ1) is 18.2. The summed E-state index contributed by atoms with van der Waals surface area (Å²) >= 11 is 0. The lowest BCUT2D eigenvalue weighted by Crippen LogP contribution is -2.60. The maximum atomic E-state index is 13.6. The smallest absolute Gasteiger partial charge is 0.229 e. The van der Waals surface area contributed by atoms with E-state index < -0.39 is 48.5 Å². The molecule has 0 saturated carbocycles. The van der Waals surface area contributed by atoms with Gasteiger partial charge in [-0.15, -0.1) is 0 Å². The molecule has 2 aromatic carbocycles. The lowest BCUT2D eigenvalue weighted by Gasteiger charge is -2.39. The second-order valence-electron chi connectivity index (χ2n) is 8.33. The predicted octanol–water partition coefficient (Wildman–Crippen LogP) is 0.379. The van der Waals surface area contributed by atoms with Gasteiger partial charge in [0.15, 0.2) is 22.8 Å². The molecule has 5 atom stereocenters. The molecule has 38 heavy (non-hydrogen) atoms. The molecule has 0 bridgehead atoms. The maximum Gasteiger partial charge on any atom is 0.229 e. The fraction of sp³-hybridized carbons (Fsp3) is 0.400. The highest BCUT2D eigenvalue weighted by Crippen LogP contribution is 2.44. The highest BCUT2D eigenvalue weighted by Gasteiger charge is 2.45. The maximum absolute atomic E-state index is 13.6. The summed E-state index contributed by atoms with van der Waals surface area (Å²) < 4.78 is 38.1. The number of rotatable bonds is 8. The van der Waals surface area contributed by atoms with E-state index in [-0.39, 0.29) is 33.8 Å². The molecule has 2 heterocycles. The summed E-state index contributed by atoms with van der Waals surface area (Å²) in [5.74, 6) is 0.100. The van der Waals surface area contributed by atoms with Crippen molar-refractivity contribution in [2.75, 3.05) is 35.0 Å². The number of phenolic OH excluding ortho intramolecular Hbond substituents is 1. The Bertz CT molecular complexity index is 1370. The average molecular weight is 536 g/mol. The number of methoxy groups -OCH3 is 4. The third-order valence-electron chi connectivity index (χ3n) is 6.24. The number of benzene rings is 2. The van der Waals surface area contributed by atoms with E-state index in [1.54, 1.807) is 0 Å². The predicted molar refractivity (Wildman–Crippen MR) is 130 cm³/mol. The third-order valence-corrected chi connectivity index (χ3v) is 6.24. The zero-order valence-electron chi connectivity index (χ0n) is 20.9. The van der Waals surface area contributed by atoms with Crippen LogP contribution >= 0.6 is 0 Å². The Morgan fingerprint density at radius 1 is 0.816 bits per heavy atom. The Morgan fingerprint density at radius 2 is 1.47 bits per heavy atom. The van der Waals surface area contributed by atoms with Gasteiger partial charge in [0, 0.05) is 17.7 Å². The molecule has 1 saturated heterocycles. The van der Waals surface area contributed by atoms with Crippen molar-refractivity contribution in [2.24, 2.45) is 0 Å². The van der Waals surface area contributed by atoms with Crippen LogP contribution in [-0.2, 0) is 4.74 Å². The van der Waals surface area contributed by atoms with Crippen LogP contribution in [0.5, 0.6) is 34.5 Å². The van der Waals surface area contributed by atoms with Crippen LogP contribution in [0.2, 0.25) is 0 Å². The number of fused-ring (bicyclic) bond motifs is 1. The van der Waals surface area contributed by atoms with Gasteiger partial charge in [-0.05, 0) is 6.07 Å². The number of aliphatic hydroxyl groups is 4. The van der Waals surface area contributed by atoms with Gasteiger partial charge in [-0.25, -0.2) is 0 Å². The molecular weight excluding hydrogens is 508 g/mol. The Labute approximate surface area is 215 Å². The van der Waals surface area contributed by atoms with Crippen LogP contribution in [-0.4, -0.2) is 91.3 Å². The van der Waals surface area contributed by atoms with Crippen molar-refractivity contribution in [3.05, 3.63) is 34.7 Å². The molecule has 1 aromatic heterocycles. The quantitative estimate of drug-likeness (QED) is 0.266. The molecule has 0 spiro atoms. The van der Waals surface area contributed by atoms with Gasteiger partial charge in [-0.3, -0.25) is 4.79 Å². The van der Waals surface area contributed by atoms with Crippen LogP contribution in [0.15, 0.2) is 33.7 Å². The summed E-state index contributed by atoms with van der Waals surface area (Å²) in [5.41, 5.74) is -0.469. The number of phenols is 1. The summed E-state index contributed by atoms with van der Waals surface area (Å²) in [5, 5.41) is 50.3. The van der Waals surface area contributed by atoms with Crippen LogP contribution < -0.4 is 29.1 Å². The van der Waals surface area contributed by atoms with Crippen LogP contribution in [0.3, 0.4) is 0 Å². The molecule has 0 amide bonds. The van der Waals surface area contributed by atoms with Crippen molar-refractivity contribution >= 4 is 11.0 Å². The molecule has 1 aliphatic rings. The first-order valence-electron chi connectivity index (χ1n) is 11.3. The largest absolute Gasteiger partial charge is 0.507 e. The molecule has 5 N–H and O–H groups in total. The van der Waals surface area contributed by atoms with E-state index >= 15 is 0 Å². The van der Waals surface area contributed by atoms with E-state index in [1.165, 1.54) is 40.6 Å². The molecule has 0 radical (unpaired) electrons. The average Bonchev–Trinajstić information content (AvgIpc) is 2.92. The van der Waals surface area contributed by atoms with Crippen molar-refractivity contribution in [3.8, 4) is 45.6 Å². The minimum Gasteiger partial charge on any atom is -0.507 e. The van der Waals surface area contributed by atoms with Crippen LogP contribution in [0.4, 0.5) is 0 Å². The van der Waals surface area contributed by atoms with Crippen molar-refractivity contribution in [3.63, 3.8) is 0 Å². The van der Waals surface area contributed by atoms with Crippen LogP contribution in [0.1, 0.15) is 0 Å². The van der Waals surface area contributed by atoms with E-state index in [2.05, 4.69) is 0 Å². The first kappa shape index (κ1) is 27.3. The zero-order valence-corrected chi connectivity index (χ0v) is 20.9. The number of aliphatic hydroxyl groups excluding tert-OH is 4. The van der Waals surface area contributed by atoms with E-state index in [9.17, 15) is 30.3 Å². The lowest BCUT2D eigenvalue weighted by molar-refractivity contribution is -0.277. The molecule has 3 aromatic rings. The minimum atomic E-state index is -1.72. The van der Waals surface area contributed by atoms with Crippen LogP contribution in [0, 0.1) is 0 Å². The van der Waals surface area contributed by atoms with Crippen molar-refractivity contribution in [2.45, 2.75) is 30.7 Å². The number of hydrogen-bond acceptors (Lipinski definition) is 13. The van der Waals surface area contributed by atoms with Gasteiger partial charge in [0.1, 0.15) is 47.6 Å². The Kier molecular flexibility index (Phi) is 7.85. The summed E-state index contributed by atoms with van der Waals surface area (Å²) in [6.07, 6.45) is -6.65. The van der Waals surface area contributed by atoms with Gasteiger partial charge < -0.3 is 58.4 Å². The summed E-state index contributed by atoms with van der Waals surface area (Å²) in [4.78, 5) is 13.6. The van der Waals surface area contributed by atoms with Gasteiger partial charge in [0.25, 0.3) is 0 Å². The van der Waals surface area contributed by atoms with Crippen molar-refractivity contribution in [1.29, 1.82) is 0 Å². The first-order valence-corrected chi connectivity index (χ1v) is 11.3. The molecule has 4 rings (SSSR count). The minimum absolute atomic E-state index is 0.0373. The standard InChI is InChI=1S/C25H28O13/c1-32-13-7-15(34-3)14(33-2)5-10(13)11-9-36-24-18(19(11)28)12(27)6-16(23(24)35-4)37-25-22(31)21(30)20(29)17(8-26)38-25/h5-7,9,17,20-22,25-27,29-31H,8H2,1-4H3/t17-,20-,21+,22-,25-/m1/s1. The second kappa shape index (κ2) is 10.9. The third kappa shape index (κ3) is 4.54. The Hall–Kier alpha value is -3.75. The summed E-state index contributed by atoms with van der Waals surface area (Å²) in [7, 11) is 5.56. The zero-order chi connectivity index (χ0) is 27.7. The van der Waals surface area contributed by atoms with E-state index in [1.807, 2.05) is 0 Å². The lowest BCUT2D eigenvalue weighted by atomic mass is 9.99. The fourth-order valence-corrected chi connectivity index (χ4v) is 4.24. The summed E-state index contributed by atoms with van der Waals surface area (Å²) in [6, 6.07) is 4.12.